The van der Waals surface area contributed by atoms with E-state index in [2.05, 4.69) is 19.8 Å². The monoisotopic (exact) mass is 346 g/mol. The number of aryl methyl sites for hydroxylation is 2. The Morgan fingerprint density at radius 1 is 1.21 bits per heavy atom. The average molecular weight is 346 g/mol. The summed E-state index contributed by atoms with van der Waals surface area (Å²) in [6, 6.07) is 0. The molecule has 0 bridgehead atoms. The number of rotatable bonds is 3. The third-order valence-electron chi connectivity index (χ3n) is 4.98. The summed E-state index contributed by atoms with van der Waals surface area (Å²) in [5, 5.41) is 1.28. The zero-order chi connectivity index (χ0) is 16.5. The van der Waals surface area contributed by atoms with E-state index in [0.717, 1.165) is 43.2 Å². The molecule has 2 aliphatic rings. The van der Waals surface area contributed by atoms with Crippen molar-refractivity contribution in [2.45, 2.75) is 25.7 Å². The molecule has 1 aliphatic carbocycles. The number of esters is 1. The van der Waals surface area contributed by atoms with Crippen LogP contribution in [0.5, 0.6) is 0 Å². The maximum Gasteiger partial charge on any atom is 0.319 e. The minimum Gasteiger partial charge on any atom is -0.468 e. The van der Waals surface area contributed by atoms with Gasteiger partial charge >= 0.3 is 5.97 Å². The van der Waals surface area contributed by atoms with Crippen molar-refractivity contribution in [3.05, 3.63) is 16.8 Å². The zero-order valence-corrected chi connectivity index (χ0v) is 14.8. The molecule has 0 amide bonds. The van der Waals surface area contributed by atoms with Gasteiger partial charge in [-0.3, -0.25) is 9.69 Å². The maximum atomic E-state index is 11.4. The SMILES string of the molecule is COC(=O)CN1CCN(c2ncnc3sc4c(c23)CCCC4)CC1. The molecule has 1 fully saturated rings. The van der Waals surface area contributed by atoms with Crippen LogP contribution >= 0.6 is 11.3 Å². The van der Waals surface area contributed by atoms with Gasteiger partial charge in [0.1, 0.15) is 17.0 Å². The summed E-state index contributed by atoms with van der Waals surface area (Å²) in [5.41, 5.74) is 1.48. The van der Waals surface area contributed by atoms with Gasteiger partial charge in [-0.15, -0.1) is 11.3 Å². The van der Waals surface area contributed by atoms with Crippen molar-refractivity contribution in [3.8, 4) is 0 Å². The van der Waals surface area contributed by atoms with E-state index in [1.165, 1.54) is 42.2 Å². The highest BCUT2D eigenvalue weighted by Gasteiger charge is 2.25. The molecule has 7 heteroatoms. The van der Waals surface area contributed by atoms with E-state index in [4.69, 9.17) is 4.74 Å². The topological polar surface area (TPSA) is 58.6 Å². The number of carbonyl (C=O) groups is 1. The number of piperazine rings is 1. The third kappa shape index (κ3) is 2.86. The van der Waals surface area contributed by atoms with E-state index in [9.17, 15) is 4.79 Å². The number of carbonyl (C=O) groups excluding carboxylic acids is 1. The molecule has 128 valence electrons. The van der Waals surface area contributed by atoms with Crippen molar-refractivity contribution in [3.63, 3.8) is 0 Å². The first-order valence-electron chi connectivity index (χ1n) is 8.55. The fourth-order valence-corrected chi connectivity index (χ4v) is 4.90. The zero-order valence-electron chi connectivity index (χ0n) is 14.0. The molecule has 0 N–H and O–H groups in total. The molecule has 0 spiro atoms. The van der Waals surface area contributed by atoms with Gasteiger partial charge in [0.05, 0.1) is 19.0 Å². The number of ether oxygens (including phenoxy) is 1. The van der Waals surface area contributed by atoms with Gasteiger partial charge in [0.25, 0.3) is 0 Å². The van der Waals surface area contributed by atoms with Crippen molar-refractivity contribution in [1.82, 2.24) is 14.9 Å². The molecular weight excluding hydrogens is 324 g/mol. The Morgan fingerprint density at radius 2 is 2.00 bits per heavy atom. The number of fused-ring (bicyclic) bond motifs is 3. The first kappa shape index (κ1) is 15.8. The van der Waals surface area contributed by atoms with Crippen molar-refractivity contribution in [1.29, 1.82) is 0 Å². The summed E-state index contributed by atoms with van der Waals surface area (Å²) >= 11 is 1.84. The van der Waals surface area contributed by atoms with Crippen LogP contribution in [-0.4, -0.2) is 60.7 Å². The number of aromatic nitrogens is 2. The number of hydrogen-bond acceptors (Lipinski definition) is 7. The second-order valence-electron chi connectivity index (χ2n) is 6.43. The summed E-state index contributed by atoms with van der Waals surface area (Å²) < 4.78 is 4.76. The van der Waals surface area contributed by atoms with Crippen LogP contribution in [0.25, 0.3) is 10.2 Å². The normalized spacial score (nSPS) is 18.6. The highest BCUT2D eigenvalue weighted by atomic mass is 32.1. The van der Waals surface area contributed by atoms with Crippen LogP contribution in [0, 0.1) is 0 Å². The molecule has 4 rings (SSSR count). The van der Waals surface area contributed by atoms with E-state index in [0.29, 0.717) is 6.54 Å². The Bertz CT molecular complexity index is 752. The second-order valence-corrected chi connectivity index (χ2v) is 7.51. The molecular formula is C17H22N4O2S. The van der Waals surface area contributed by atoms with Gasteiger partial charge in [-0.25, -0.2) is 9.97 Å². The molecule has 0 radical (unpaired) electrons. The minimum absolute atomic E-state index is 0.167. The lowest BCUT2D eigenvalue weighted by Gasteiger charge is -2.35. The van der Waals surface area contributed by atoms with Crippen molar-refractivity contribution in [2.24, 2.45) is 0 Å². The summed E-state index contributed by atoms with van der Waals surface area (Å²) in [6.07, 6.45) is 6.58. The lowest BCUT2D eigenvalue weighted by molar-refractivity contribution is -0.142. The highest BCUT2D eigenvalue weighted by Crippen LogP contribution is 2.39. The van der Waals surface area contributed by atoms with E-state index >= 15 is 0 Å². The third-order valence-corrected chi connectivity index (χ3v) is 6.18. The number of methoxy groups -OCH3 is 1. The Morgan fingerprint density at radius 3 is 2.79 bits per heavy atom. The van der Waals surface area contributed by atoms with Crippen LogP contribution in [0.4, 0.5) is 5.82 Å². The molecule has 0 aromatic carbocycles. The van der Waals surface area contributed by atoms with E-state index in [1.54, 1.807) is 6.33 Å². The maximum absolute atomic E-state index is 11.4. The van der Waals surface area contributed by atoms with Crippen LogP contribution in [0.2, 0.25) is 0 Å². The fourth-order valence-electron chi connectivity index (χ4n) is 3.68. The Kier molecular flexibility index (Phi) is 4.37. The fraction of sp³-hybridized carbons (Fsp3) is 0.588. The average Bonchev–Trinajstić information content (AvgIpc) is 3.01. The molecule has 1 saturated heterocycles. The first-order chi connectivity index (χ1) is 11.8. The molecule has 0 atom stereocenters. The summed E-state index contributed by atoms with van der Waals surface area (Å²) in [7, 11) is 1.44. The predicted molar refractivity (Wildman–Crippen MR) is 94.7 cm³/mol. The number of anilines is 1. The van der Waals surface area contributed by atoms with Crippen LogP contribution in [0.3, 0.4) is 0 Å². The van der Waals surface area contributed by atoms with Gasteiger partial charge in [-0.2, -0.15) is 0 Å². The van der Waals surface area contributed by atoms with Gasteiger partial charge in [-0.05, 0) is 31.2 Å². The van der Waals surface area contributed by atoms with E-state index in [-0.39, 0.29) is 5.97 Å². The molecule has 6 nitrogen and oxygen atoms in total. The molecule has 3 heterocycles. The second kappa shape index (κ2) is 6.64. The molecule has 1 aliphatic heterocycles. The summed E-state index contributed by atoms with van der Waals surface area (Å²) in [5.74, 6) is 0.914. The Labute approximate surface area is 145 Å². The van der Waals surface area contributed by atoms with Crippen LogP contribution in [0.15, 0.2) is 6.33 Å². The Hall–Kier alpha value is -1.73. The van der Waals surface area contributed by atoms with Gasteiger partial charge in [-0.1, -0.05) is 0 Å². The van der Waals surface area contributed by atoms with Gasteiger partial charge in [0.15, 0.2) is 0 Å². The lowest BCUT2D eigenvalue weighted by Crippen LogP contribution is -2.48. The van der Waals surface area contributed by atoms with Gasteiger partial charge in [0.2, 0.25) is 0 Å². The first-order valence-corrected chi connectivity index (χ1v) is 9.37. The quantitative estimate of drug-likeness (QED) is 0.791. The van der Waals surface area contributed by atoms with E-state index < -0.39 is 0 Å². The van der Waals surface area contributed by atoms with Crippen LogP contribution < -0.4 is 4.90 Å². The molecule has 2 aromatic heterocycles. The molecule has 0 unspecified atom stereocenters. The summed E-state index contributed by atoms with van der Waals surface area (Å²) in [4.78, 5) is 27.7. The van der Waals surface area contributed by atoms with E-state index in [1.807, 2.05) is 11.3 Å². The molecule has 24 heavy (non-hydrogen) atoms. The molecule has 2 aromatic rings. The van der Waals surface area contributed by atoms with Crippen molar-refractivity contribution >= 4 is 33.3 Å². The van der Waals surface area contributed by atoms with Crippen molar-refractivity contribution < 1.29 is 9.53 Å². The Balaban J connectivity index is 1.57. The smallest absolute Gasteiger partial charge is 0.319 e. The van der Waals surface area contributed by atoms with Crippen LogP contribution in [-0.2, 0) is 22.4 Å². The van der Waals surface area contributed by atoms with Gasteiger partial charge < -0.3 is 9.64 Å². The molecule has 0 saturated carbocycles. The summed E-state index contributed by atoms with van der Waals surface area (Å²) in [6.45, 7) is 3.85. The van der Waals surface area contributed by atoms with Crippen molar-refractivity contribution in [2.75, 3.05) is 44.7 Å². The highest BCUT2D eigenvalue weighted by molar-refractivity contribution is 7.19. The minimum atomic E-state index is -0.167. The number of nitrogens with zero attached hydrogens (tertiary/aromatic N) is 4. The lowest BCUT2D eigenvalue weighted by atomic mass is 9.97. The van der Waals surface area contributed by atoms with Gasteiger partial charge in [0, 0.05) is 31.1 Å². The largest absolute Gasteiger partial charge is 0.468 e. The standard InChI is InChI=1S/C17H22N4O2S/c1-23-14(22)10-20-6-8-21(9-7-20)16-15-12-4-2-3-5-13(12)24-17(15)19-11-18-16/h11H,2-10H2,1H3. The van der Waals surface area contributed by atoms with Crippen LogP contribution in [0.1, 0.15) is 23.3 Å². The predicted octanol–water partition coefficient (Wildman–Crippen LogP) is 1.87. The number of thiophene rings is 1. The number of hydrogen-bond donors (Lipinski definition) is 0.